The molecule has 0 amide bonds. The molecule has 0 bridgehead atoms. The standard InChI is InChI=1S/C14H18N2O2/c1-10(2)18-12-6-5-11(9-13(12)17-4)14-15-7-8-16(14)3/h5-10H,1-4H3. The van der Waals surface area contributed by atoms with Crippen LogP contribution in [-0.4, -0.2) is 22.8 Å². The molecule has 0 spiro atoms. The van der Waals surface area contributed by atoms with E-state index >= 15 is 0 Å². The molecule has 4 nitrogen and oxygen atoms in total. The summed E-state index contributed by atoms with van der Waals surface area (Å²) in [6.45, 7) is 3.98. The Hall–Kier alpha value is -1.97. The van der Waals surface area contributed by atoms with E-state index in [2.05, 4.69) is 4.98 Å². The first-order valence-corrected chi connectivity index (χ1v) is 5.94. The monoisotopic (exact) mass is 246 g/mol. The average Bonchev–Trinajstić information content (AvgIpc) is 2.75. The van der Waals surface area contributed by atoms with Crippen molar-refractivity contribution in [1.29, 1.82) is 0 Å². The van der Waals surface area contributed by atoms with Gasteiger partial charge in [0, 0.05) is 25.0 Å². The topological polar surface area (TPSA) is 36.3 Å². The van der Waals surface area contributed by atoms with Crippen molar-refractivity contribution in [2.45, 2.75) is 20.0 Å². The Kier molecular flexibility index (Phi) is 3.55. The quantitative estimate of drug-likeness (QED) is 0.832. The summed E-state index contributed by atoms with van der Waals surface area (Å²) in [5, 5.41) is 0. The van der Waals surface area contributed by atoms with Crippen molar-refractivity contribution in [2.75, 3.05) is 7.11 Å². The van der Waals surface area contributed by atoms with Crippen LogP contribution in [0.4, 0.5) is 0 Å². The highest BCUT2D eigenvalue weighted by atomic mass is 16.5. The van der Waals surface area contributed by atoms with Crippen LogP contribution in [0.25, 0.3) is 11.4 Å². The van der Waals surface area contributed by atoms with Crippen LogP contribution in [0, 0.1) is 0 Å². The number of nitrogens with zero attached hydrogens (tertiary/aromatic N) is 2. The summed E-state index contributed by atoms with van der Waals surface area (Å²) in [6.07, 6.45) is 3.82. The van der Waals surface area contributed by atoms with E-state index in [4.69, 9.17) is 9.47 Å². The van der Waals surface area contributed by atoms with Crippen molar-refractivity contribution < 1.29 is 9.47 Å². The number of ether oxygens (including phenoxy) is 2. The van der Waals surface area contributed by atoms with Crippen LogP contribution in [0.3, 0.4) is 0 Å². The minimum Gasteiger partial charge on any atom is -0.493 e. The second kappa shape index (κ2) is 5.12. The van der Waals surface area contributed by atoms with Crippen molar-refractivity contribution in [2.24, 2.45) is 7.05 Å². The molecule has 1 heterocycles. The molecule has 0 N–H and O–H groups in total. The number of aromatic nitrogens is 2. The Morgan fingerprint density at radius 2 is 2.00 bits per heavy atom. The number of imidazole rings is 1. The van der Waals surface area contributed by atoms with Crippen LogP contribution in [0.1, 0.15) is 13.8 Å². The maximum atomic E-state index is 5.69. The third kappa shape index (κ3) is 2.47. The molecule has 0 aliphatic carbocycles. The van der Waals surface area contributed by atoms with E-state index in [0.29, 0.717) is 0 Å². The SMILES string of the molecule is COc1cc(-c2nccn2C)ccc1OC(C)C. The fourth-order valence-electron chi connectivity index (χ4n) is 1.80. The fraction of sp³-hybridized carbons (Fsp3) is 0.357. The van der Waals surface area contributed by atoms with Crippen molar-refractivity contribution in [3.05, 3.63) is 30.6 Å². The molecule has 2 aromatic rings. The summed E-state index contributed by atoms with van der Waals surface area (Å²) >= 11 is 0. The molecule has 0 aliphatic heterocycles. The molecule has 0 atom stereocenters. The number of aryl methyl sites for hydroxylation is 1. The molecule has 0 saturated carbocycles. The Labute approximate surface area is 107 Å². The van der Waals surface area contributed by atoms with E-state index in [1.165, 1.54) is 0 Å². The highest BCUT2D eigenvalue weighted by molar-refractivity contribution is 5.61. The largest absolute Gasteiger partial charge is 0.493 e. The van der Waals surface area contributed by atoms with Crippen LogP contribution in [0.2, 0.25) is 0 Å². The summed E-state index contributed by atoms with van der Waals surface area (Å²) in [7, 11) is 3.61. The van der Waals surface area contributed by atoms with Crippen LogP contribution in [0.15, 0.2) is 30.6 Å². The number of hydrogen-bond acceptors (Lipinski definition) is 3. The Morgan fingerprint density at radius 1 is 1.22 bits per heavy atom. The zero-order valence-corrected chi connectivity index (χ0v) is 11.2. The maximum Gasteiger partial charge on any atom is 0.161 e. The fourth-order valence-corrected chi connectivity index (χ4v) is 1.80. The molecule has 0 unspecified atom stereocenters. The number of hydrogen-bond donors (Lipinski definition) is 0. The Balaban J connectivity index is 2.39. The lowest BCUT2D eigenvalue weighted by Gasteiger charge is -2.14. The lowest BCUT2D eigenvalue weighted by atomic mass is 10.2. The van der Waals surface area contributed by atoms with Gasteiger partial charge >= 0.3 is 0 Å². The van der Waals surface area contributed by atoms with E-state index < -0.39 is 0 Å². The van der Waals surface area contributed by atoms with E-state index in [-0.39, 0.29) is 6.10 Å². The second-order valence-electron chi connectivity index (χ2n) is 4.39. The van der Waals surface area contributed by atoms with Gasteiger partial charge in [-0.15, -0.1) is 0 Å². The predicted molar refractivity (Wildman–Crippen MR) is 71.0 cm³/mol. The molecule has 0 radical (unpaired) electrons. The molecule has 0 aliphatic rings. The van der Waals surface area contributed by atoms with Gasteiger partial charge in [-0.05, 0) is 32.0 Å². The van der Waals surface area contributed by atoms with Gasteiger partial charge in [0.05, 0.1) is 13.2 Å². The average molecular weight is 246 g/mol. The highest BCUT2D eigenvalue weighted by Gasteiger charge is 2.10. The van der Waals surface area contributed by atoms with Crippen molar-refractivity contribution in [3.8, 4) is 22.9 Å². The van der Waals surface area contributed by atoms with E-state index in [1.54, 1.807) is 13.3 Å². The molecule has 1 aromatic carbocycles. The zero-order chi connectivity index (χ0) is 13.1. The number of rotatable bonds is 4. The van der Waals surface area contributed by atoms with Gasteiger partial charge in [0.15, 0.2) is 11.5 Å². The summed E-state index contributed by atoms with van der Waals surface area (Å²) < 4.78 is 13.0. The van der Waals surface area contributed by atoms with Gasteiger partial charge < -0.3 is 14.0 Å². The smallest absolute Gasteiger partial charge is 0.161 e. The van der Waals surface area contributed by atoms with Gasteiger partial charge in [0.2, 0.25) is 0 Å². The molecule has 18 heavy (non-hydrogen) atoms. The molecular weight excluding hydrogens is 228 g/mol. The lowest BCUT2D eigenvalue weighted by Crippen LogP contribution is -2.06. The van der Waals surface area contributed by atoms with E-state index in [0.717, 1.165) is 22.9 Å². The maximum absolute atomic E-state index is 5.69. The zero-order valence-electron chi connectivity index (χ0n) is 11.2. The lowest BCUT2D eigenvalue weighted by molar-refractivity contribution is 0.230. The minimum absolute atomic E-state index is 0.123. The number of methoxy groups -OCH3 is 1. The van der Waals surface area contributed by atoms with Gasteiger partial charge in [0.1, 0.15) is 5.82 Å². The molecule has 1 aromatic heterocycles. The summed E-state index contributed by atoms with van der Waals surface area (Å²) in [6, 6.07) is 5.85. The van der Waals surface area contributed by atoms with Crippen molar-refractivity contribution in [1.82, 2.24) is 9.55 Å². The van der Waals surface area contributed by atoms with Gasteiger partial charge in [-0.2, -0.15) is 0 Å². The van der Waals surface area contributed by atoms with Gasteiger partial charge in [-0.3, -0.25) is 0 Å². The van der Waals surface area contributed by atoms with Crippen molar-refractivity contribution >= 4 is 0 Å². The van der Waals surface area contributed by atoms with Crippen molar-refractivity contribution in [3.63, 3.8) is 0 Å². The third-order valence-corrected chi connectivity index (χ3v) is 2.61. The van der Waals surface area contributed by atoms with Crippen LogP contribution >= 0.6 is 0 Å². The first-order valence-electron chi connectivity index (χ1n) is 5.94. The molecule has 0 fully saturated rings. The van der Waals surface area contributed by atoms with Gasteiger partial charge in [-0.25, -0.2) is 4.98 Å². The first kappa shape index (κ1) is 12.5. The Bertz CT molecular complexity index is 532. The van der Waals surface area contributed by atoms with Crippen LogP contribution in [0.5, 0.6) is 11.5 Å². The Morgan fingerprint density at radius 3 is 2.56 bits per heavy atom. The molecule has 2 rings (SSSR count). The molecule has 96 valence electrons. The summed E-state index contributed by atoms with van der Waals surface area (Å²) in [4.78, 5) is 4.32. The third-order valence-electron chi connectivity index (χ3n) is 2.61. The van der Waals surface area contributed by atoms with Gasteiger partial charge in [-0.1, -0.05) is 0 Å². The highest BCUT2D eigenvalue weighted by Crippen LogP contribution is 2.32. The summed E-state index contributed by atoms with van der Waals surface area (Å²) in [5.41, 5.74) is 1.01. The second-order valence-corrected chi connectivity index (χ2v) is 4.39. The number of benzene rings is 1. The predicted octanol–water partition coefficient (Wildman–Crippen LogP) is 2.88. The molecule has 0 saturated heterocycles. The van der Waals surface area contributed by atoms with E-state index in [9.17, 15) is 0 Å². The van der Waals surface area contributed by atoms with Gasteiger partial charge in [0.25, 0.3) is 0 Å². The van der Waals surface area contributed by atoms with Crippen LogP contribution in [-0.2, 0) is 7.05 Å². The van der Waals surface area contributed by atoms with E-state index in [1.807, 2.05) is 49.9 Å². The molecule has 4 heteroatoms. The normalized spacial score (nSPS) is 10.7. The molecular formula is C14H18N2O2. The van der Waals surface area contributed by atoms with Crippen LogP contribution < -0.4 is 9.47 Å². The summed E-state index contributed by atoms with van der Waals surface area (Å²) in [5.74, 6) is 2.39. The minimum atomic E-state index is 0.123. The first-order chi connectivity index (χ1) is 8.61.